The van der Waals surface area contributed by atoms with Crippen molar-refractivity contribution in [1.29, 1.82) is 0 Å². The molecule has 76 heavy (non-hydrogen) atoms. The molecule has 0 fully saturated rings. The van der Waals surface area contributed by atoms with Gasteiger partial charge in [0.15, 0.2) is 0 Å². The number of nitrogens with one attached hydrogen (secondary N) is 5. The first-order valence-electron chi connectivity index (χ1n) is 25.1. The van der Waals surface area contributed by atoms with Crippen LogP contribution in [0.1, 0.15) is 112 Å². The minimum Gasteiger partial charge on any atom is -0.481 e. The molecule has 6 amide bonds. The van der Waals surface area contributed by atoms with Gasteiger partial charge in [-0.15, -0.1) is 0 Å². The summed E-state index contributed by atoms with van der Waals surface area (Å²) in [6.07, 6.45) is -3.93. The summed E-state index contributed by atoms with van der Waals surface area (Å²) in [4.78, 5) is 110. The number of carboxylic acid groups (broad SMARTS) is 2. The normalized spacial score (nSPS) is 15.6. The Kier molecular flexibility index (Phi) is 22.4. The molecule has 0 saturated carbocycles. The van der Waals surface area contributed by atoms with Crippen molar-refractivity contribution in [2.75, 3.05) is 19.4 Å². The van der Waals surface area contributed by atoms with Crippen molar-refractivity contribution in [2.24, 2.45) is 0 Å². The number of carboxylic acids is 2. The highest BCUT2D eigenvalue weighted by molar-refractivity contribution is 8.77. The molecule has 1 aliphatic carbocycles. The predicted octanol–water partition coefficient (Wildman–Crippen LogP) is 6.07. The second-order valence-corrected chi connectivity index (χ2v) is 24.9. The van der Waals surface area contributed by atoms with E-state index >= 15 is 0 Å². The lowest BCUT2D eigenvalue weighted by atomic mass is 9.98. The summed E-state index contributed by atoms with van der Waals surface area (Å²) < 4.78 is 18.0. The molecule has 8 atom stereocenters. The number of nitrogens with zero attached hydrogens (tertiary/aromatic N) is 1. The van der Waals surface area contributed by atoms with Gasteiger partial charge in [0.2, 0.25) is 29.5 Å². The van der Waals surface area contributed by atoms with Crippen LogP contribution in [0.4, 0.5) is 4.79 Å². The largest absolute Gasteiger partial charge is 0.481 e. The van der Waals surface area contributed by atoms with Gasteiger partial charge in [0.05, 0.1) is 29.8 Å². The molecule has 416 valence electrons. The molecule has 1 aliphatic rings. The molecule has 19 nitrogen and oxygen atoms in total. The number of rotatable bonds is 25. The molecule has 3 aromatic rings. The van der Waals surface area contributed by atoms with Crippen LogP contribution < -0.4 is 26.6 Å². The Morgan fingerprint density at radius 2 is 1.09 bits per heavy atom. The van der Waals surface area contributed by atoms with Gasteiger partial charge in [-0.1, -0.05) is 121 Å². The maximum absolute atomic E-state index is 14.7. The quantitative estimate of drug-likeness (QED) is 0.0475. The molecule has 4 rings (SSSR count). The van der Waals surface area contributed by atoms with Crippen LogP contribution >= 0.6 is 21.6 Å². The molecule has 0 aliphatic heterocycles. The van der Waals surface area contributed by atoms with E-state index in [2.05, 4.69) is 26.6 Å². The maximum atomic E-state index is 14.7. The van der Waals surface area contributed by atoms with Gasteiger partial charge >= 0.3 is 18.0 Å². The average molecular weight is 1090 g/mol. The van der Waals surface area contributed by atoms with Crippen LogP contribution in [-0.4, -0.2) is 146 Å². The van der Waals surface area contributed by atoms with Crippen molar-refractivity contribution in [3.05, 3.63) is 95.6 Å². The van der Waals surface area contributed by atoms with Crippen LogP contribution in [-0.2, 0) is 54.2 Å². The van der Waals surface area contributed by atoms with Crippen LogP contribution in [0.5, 0.6) is 0 Å². The molecule has 0 aromatic heterocycles. The van der Waals surface area contributed by atoms with Crippen LogP contribution in [0.15, 0.2) is 78.9 Å². The Labute approximate surface area is 453 Å². The fourth-order valence-corrected chi connectivity index (χ4v) is 10.8. The first kappa shape index (κ1) is 62.4. The number of hydrogen-bond donors (Lipinski definition) is 7. The molecule has 0 unspecified atom stereocenters. The van der Waals surface area contributed by atoms with Crippen molar-refractivity contribution < 1.29 is 62.8 Å². The summed E-state index contributed by atoms with van der Waals surface area (Å²) in [5.74, 6) is -7.50. The van der Waals surface area contributed by atoms with Crippen LogP contribution in [0.2, 0.25) is 0 Å². The van der Waals surface area contributed by atoms with E-state index < -0.39 is 114 Å². The van der Waals surface area contributed by atoms with E-state index in [0.717, 1.165) is 27.2 Å². The lowest BCUT2D eigenvalue weighted by Crippen LogP contribution is -2.63. The molecule has 21 heteroatoms. The number of alkyl carbamates (subject to hydrolysis) is 1. The van der Waals surface area contributed by atoms with Crippen molar-refractivity contribution in [3.63, 3.8) is 0 Å². The lowest BCUT2D eigenvalue weighted by molar-refractivity contribution is -0.150. The summed E-state index contributed by atoms with van der Waals surface area (Å²) in [6.45, 7) is 21.1. The lowest BCUT2D eigenvalue weighted by Gasteiger charge is -2.36. The van der Waals surface area contributed by atoms with E-state index in [9.17, 15) is 48.6 Å². The predicted molar refractivity (Wildman–Crippen MR) is 292 cm³/mol. The highest BCUT2D eigenvalue weighted by atomic mass is 33.1. The number of fused-ring (bicyclic) bond motifs is 3. The molecule has 0 saturated heterocycles. The van der Waals surface area contributed by atoms with Crippen molar-refractivity contribution in [1.82, 2.24) is 31.5 Å². The Hall–Kier alpha value is -6.16. The summed E-state index contributed by atoms with van der Waals surface area (Å²) in [5.41, 5.74) is 3.05. The molecule has 0 spiro atoms. The molecular weight excluding hydrogens is 1020 g/mol. The summed E-state index contributed by atoms with van der Waals surface area (Å²) in [5, 5.41) is 32.0. The van der Waals surface area contributed by atoms with E-state index in [1.54, 1.807) is 85.7 Å². The van der Waals surface area contributed by atoms with Crippen LogP contribution in [0, 0.1) is 0 Å². The average Bonchev–Trinajstić information content (AvgIpc) is 3.64. The van der Waals surface area contributed by atoms with Gasteiger partial charge in [0.1, 0.15) is 42.9 Å². The second-order valence-electron chi connectivity index (χ2n) is 21.7. The Balaban J connectivity index is 1.59. The molecule has 3 aromatic carbocycles. The van der Waals surface area contributed by atoms with E-state index in [0.29, 0.717) is 5.56 Å². The monoisotopic (exact) mass is 1090 g/mol. The fourth-order valence-electron chi connectivity index (χ4n) is 8.36. The van der Waals surface area contributed by atoms with Gasteiger partial charge in [-0.05, 0) is 90.1 Å². The fraction of sp³-hybridized carbons (Fsp3) is 0.527. The standard InChI is InChI=1S/C55H76N6O13S2/c1-31(46(64)58-42(30-75-76-55(10,11)12)48(66)56-40(27-34-21-15-14-16-22-34)47(65)57-41(51(69)70)28-43(62)63)61(13)50(68)45(33(3)74-54(7,8)9)59-49(67)44(32(2)73-53(4,5)6)60-52(71)72-29-39-37-25-19-17-23-35(37)36-24-18-20-26-38(36)39/h14-26,31-33,39-42,44-45H,27-30H2,1-13H3,(H,56,66)(H,57,65)(H,58,64)(H,59,67)(H,60,71)(H,62,63)(H,69,70)/t31-,32+,33+,40-,41-,42-,44-,45-/m0/s1. The topological polar surface area (TPSA) is 268 Å². The second kappa shape index (κ2) is 27.2. The number of likely N-dealkylation sites (N-methyl/N-ethyl adjacent to an activating group) is 1. The van der Waals surface area contributed by atoms with Crippen LogP contribution in [0.25, 0.3) is 11.1 Å². The van der Waals surface area contributed by atoms with Crippen molar-refractivity contribution in [2.45, 2.75) is 166 Å². The minimum atomic E-state index is -1.81. The van der Waals surface area contributed by atoms with Crippen molar-refractivity contribution in [3.8, 4) is 11.1 Å². The van der Waals surface area contributed by atoms with E-state index in [1.165, 1.54) is 35.6 Å². The molecule has 0 heterocycles. The number of carbonyl (C=O) groups excluding carboxylic acids is 6. The SMILES string of the molecule is C[C@@H](OC(C)(C)C)[C@H](NC(=O)OCC1c2ccccc2-c2ccccc21)C(=O)N[C@H](C(=O)N(C)[C@@H](C)C(=O)N[C@@H](CSSC(C)(C)C)C(=O)N[C@@H](Cc1ccccc1)C(=O)N[C@@H](CC(=O)O)C(=O)O)[C@@H](C)OC(C)(C)C. The number of hydrogen-bond acceptors (Lipinski definition) is 13. The van der Waals surface area contributed by atoms with Gasteiger partial charge in [0, 0.05) is 29.9 Å². The van der Waals surface area contributed by atoms with Gasteiger partial charge < -0.3 is 55.9 Å². The summed E-state index contributed by atoms with van der Waals surface area (Å²) >= 11 is 0. The van der Waals surface area contributed by atoms with Crippen LogP contribution in [0.3, 0.4) is 0 Å². The Morgan fingerprint density at radius 3 is 1.61 bits per heavy atom. The number of aliphatic carboxylic acids is 2. The van der Waals surface area contributed by atoms with Gasteiger partial charge in [0.25, 0.3) is 0 Å². The molecular formula is C55H76N6O13S2. The molecule has 0 radical (unpaired) electrons. The Bertz CT molecular complexity index is 2480. The maximum Gasteiger partial charge on any atom is 0.407 e. The third-order valence-corrected chi connectivity index (χ3v) is 15.2. The number of carbonyl (C=O) groups is 8. The summed E-state index contributed by atoms with van der Waals surface area (Å²) in [6, 6.07) is 15.6. The summed E-state index contributed by atoms with van der Waals surface area (Å²) in [7, 11) is 4.04. The zero-order chi connectivity index (χ0) is 56.9. The van der Waals surface area contributed by atoms with E-state index in [1.807, 2.05) is 69.3 Å². The molecule has 7 N–H and O–H groups in total. The smallest absolute Gasteiger partial charge is 0.407 e. The number of benzene rings is 3. The Morgan fingerprint density at radius 1 is 0.605 bits per heavy atom. The number of amides is 6. The highest BCUT2D eigenvalue weighted by Crippen LogP contribution is 2.44. The zero-order valence-electron chi connectivity index (χ0n) is 45.7. The third-order valence-electron chi connectivity index (χ3n) is 11.9. The zero-order valence-corrected chi connectivity index (χ0v) is 47.3. The highest BCUT2D eigenvalue weighted by Gasteiger charge is 2.41. The van der Waals surface area contributed by atoms with Gasteiger partial charge in [-0.25, -0.2) is 9.59 Å². The minimum absolute atomic E-state index is 0.0254. The van der Waals surface area contributed by atoms with E-state index in [4.69, 9.17) is 14.2 Å². The van der Waals surface area contributed by atoms with Gasteiger partial charge in [-0.2, -0.15) is 0 Å². The van der Waals surface area contributed by atoms with Crippen molar-refractivity contribution >= 4 is 69.2 Å². The van der Waals surface area contributed by atoms with E-state index in [-0.39, 0.29) is 29.4 Å². The first-order valence-corrected chi connectivity index (χ1v) is 27.4. The van der Waals surface area contributed by atoms with Gasteiger partial charge in [-0.3, -0.25) is 28.8 Å². The number of ether oxygens (including phenoxy) is 3. The first-order chi connectivity index (χ1) is 35.3. The molecule has 0 bridgehead atoms. The third kappa shape index (κ3) is 19.1.